The zero-order valence-corrected chi connectivity index (χ0v) is 17.9. The second-order valence-electron chi connectivity index (χ2n) is 7.85. The second kappa shape index (κ2) is 8.88. The first kappa shape index (κ1) is 20.6. The number of aryl methyl sites for hydroxylation is 1. The Kier molecular flexibility index (Phi) is 6.52. The molecule has 28 heavy (non-hydrogen) atoms. The first-order valence-corrected chi connectivity index (χ1v) is 10.6. The van der Waals surface area contributed by atoms with Gasteiger partial charge in [0.15, 0.2) is 0 Å². The van der Waals surface area contributed by atoms with Crippen LogP contribution in [0.2, 0.25) is 0 Å². The molecule has 2 aromatic rings. The summed E-state index contributed by atoms with van der Waals surface area (Å²) in [6, 6.07) is 10.6. The second-order valence-corrected chi connectivity index (χ2v) is 8.90. The number of carbonyl (C=O) groups is 2. The van der Waals surface area contributed by atoms with Crippen molar-refractivity contribution in [1.29, 1.82) is 0 Å². The number of carbonyl (C=O) groups excluding carboxylic acids is 2. The van der Waals surface area contributed by atoms with Crippen molar-refractivity contribution < 1.29 is 9.59 Å². The van der Waals surface area contributed by atoms with Gasteiger partial charge >= 0.3 is 0 Å². The summed E-state index contributed by atoms with van der Waals surface area (Å²) in [5.74, 6) is 0.123. The Hall–Kier alpha value is -2.18. The largest absolute Gasteiger partial charge is 0.347 e. The van der Waals surface area contributed by atoms with Gasteiger partial charge in [-0.3, -0.25) is 14.5 Å². The molecule has 3 rings (SSSR count). The summed E-state index contributed by atoms with van der Waals surface area (Å²) in [6.07, 6.45) is 1.93. The third kappa shape index (κ3) is 5.20. The highest BCUT2D eigenvalue weighted by Gasteiger charge is 2.30. The van der Waals surface area contributed by atoms with Gasteiger partial charge in [-0.05, 0) is 63.4 Å². The lowest BCUT2D eigenvalue weighted by Gasteiger charge is -2.22. The molecular weight excluding hydrogens is 370 g/mol. The van der Waals surface area contributed by atoms with Gasteiger partial charge in [-0.2, -0.15) is 0 Å². The van der Waals surface area contributed by atoms with E-state index in [2.05, 4.69) is 48.6 Å². The Bertz CT molecular complexity index is 855. The number of anilines is 1. The molecule has 0 saturated heterocycles. The summed E-state index contributed by atoms with van der Waals surface area (Å²) in [5.41, 5.74) is 3.24. The van der Waals surface area contributed by atoms with Gasteiger partial charge in [0.2, 0.25) is 5.91 Å². The molecule has 1 aliphatic carbocycles. The first-order valence-electron chi connectivity index (χ1n) is 9.81. The highest BCUT2D eigenvalue weighted by atomic mass is 32.1. The summed E-state index contributed by atoms with van der Waals surface area (Å²) in [7, 11) is 2.10. The molecule has 150 valence electrons. The highest BCUT2D eigenvalue weighted by Crippen LogP contribution is 2.32. The van der Waals surface area contributed by atoms with Crippen molar-refractivity contribution in [3.63, 3.8) is 0 Å². The van der Waals surface area contributed by atoms with Crippen LogP contribution in [0.3, 0.4) is 0 Å². The molecule has 1 saturated carbocycles. The fourth-order valence-electron chi connectivity index (χ4n) is 2.93. The minimum atomic E-state index is -0.0959. The zero-order chi connectivity index (χ0) is 20.3. The normalized spacial score (nSPS) is 13.8. The molecule has 0 aliphatic heterocycles. The number of rotatable bonds is 8. The van der Waals surface area contributed by atoms with Crippen molar-refractivity contribution in [3.05, 3.63) is 51.9 Å². The summed E-state index contributed by atoms with van der Waals surface area (Å²) < 4.78 is 0. The molecule has 1 aromatic carbocycles. The van der Waals surface area contributed by atoms with E-state index < -0.39 is 0 Å². The highest BCUT2D eigenvalue weighted by molar-refractivity contribution is 7.18. The van der Waals surface area contributed by atoms with Crippen molar-refractivity contribution in [2.45, 2.75) is 52.7 Å². The van der Waals surface area contributed by atoms with Crippen LogP contribution in [-0.4, -0.2) is 29.8 Å². The monoisotopic (exact) mass is 399 g/mol. The molecule has 2 N–H and O–H groups in total. The minimum Gasteiger partial charge on any atom is -0.347 e. The van der Waals surface area contributed by atoms with Crippen molar-refractivity contribution in [1.82, 2.24) is 10.2 Å². The maximum atomic E-state index is 12.7. The van der Waals surface area contributed by atoms with E-state index in [4.69, 9.17) is 0 Å². The third-order valence-corrected chi connectivity index (χ3v) is 6.33. The summed E-state index contributed by atoms with van der Waals surface area (Å²) in [6.45, 7) is 7.58. The Morgan fingerprint density at radius 3 is 2.54 bits per heavy atom. The summed E-state index contributed by atoms with van der Waals surface area (Å²) >= 11 is 1.34. The molecule has 0 spiro atoms. The summed E-state index contributed by atoms with van der Waals surface area (Å²) in [4.78, 5) is 27.6. The molecule has 6 heteroatoms. The molecule has 1 aromatic heterocycles. The molecule has 1 heterocycles. The Morgan fingerprint density at radius 2 is 1.89 bits per heavy atom. The first-order chi connectivity index (χ1) is 13.3. The number of amides is 2. The van der Waals surface area contributed by atoms with Gasteiger partial charge in [0.25, 0.3) is 5.91 Å². The Labute approximate surface area is 171 Å². The number of nitrogens with zero attached hydrogens (tertiary/aromatic N) is 1. The van der Waals surface area contributed by atoms with E-state index in [1.54, 1.807) is 0 Å². The van der Waals surface area contributed by atoms with Crippen LogP contribution >= 0.6 is 11.3 Å². The maximum absolute atomic E-state index is 12.7. The Morgan fingerprint density at radius 1 is 1.21 bits per heavy atom. The van der Waals surface area contributed by atoms with Gasteiger partial charge in [-0.25, -0.2) is 0 Å². The minimum absolute atomic E-state index is 0.0661. The van der Waals surface area contributed by atoms with Gasteiger partial charge in [0.05, 0.1) is 9.88 Å². The van der Waals surface area contributed by atoms with Crippen molar-refractivity contribution in [2.24, 2.45) is 5.92 Å². The molecule has 0 bridgehead atoms. The van der Waals surface area contributed by atoms with E-state index in [9.17, 15) is 9.59 Å². The number of hydrogen-bond acceptors (Lipinski definition) is 4. The van der Waals surface area contributed by atoms with Crippen LogP contribution in [0.5, 0.6) is 0 Å². The third-order valence-electron chi connectivity index (χ3n) is 5.18. The number of thiophene rings is 1. The number of benzene rings is 1. The average Bonchev–Trinajstić information content (AvgIpc) is 3.44. The van der Waals surface area contributed by atoms with Crippen LogP contribution in [0.1, 0.15) is 53.1 Å². The molecular formula is C22H29N3O2S. The molecule has 5 nitrogen and oxygen atoms in total. The molecule has 0 unspecified atom stereocenters. The van der Waals surface area contributed by atoms with Crippen molar-refractivity contribution in [3.8, 4) is 0 Å². The van der Waals surface area contributed by atoms with Gasteiger partial charge in [-0.15, -0.1) is 11.3 Å². The maximum Gasteiger partial charge on any atom is 0.261 e. The van der Waals surface area contributed by atoms with Crippen LogP contribution in [0.25, 0.3) is 0 Å². The number of nitrogens with one attached hydrogen (secondary N) is 2. The van der Waals surface area contributed by atoms with E-state index in [-0.39, 0.29) is 17.7 Å². The van der Waals surface area contributed by atoms with E-state index in [1.807, 2.05) is 25.1 Å². The van der Waals surface area contributed by atoms with Crippen LogP contribution in [0, 0.1) is 12.8 Å². The van der Waals surface area contributed by atoms with E-state index in [1.165, 1.54) is 16.9 Å². The van der Waals surface area contributed by atoms with Crippen LogP contribution in [0.15, 0.2) is 30.3 Å². The van der Waals surface area contributed by atoms with E-state index in [0.29, 0.717) is 17.5 Å². The lowest BCUT2D eigenvalue weighted by molar-refractivity contribution is -0.117. The fourth-order valence-corrected chi connectivity index (χ4v) is 3.92. The topological polar surface area (TPSA) is 61.4 Å². The van der Waals surface area contributed by atoms with Crippen molar-refractivity contribution >= 4 is 28.2 Å². The van der Waals surface area contributed by atoms with E-state index >= 15 is 0 Å². The smallest absolute Gasteiger partial charge is 0.261 e. The van der Waals surface area contributed by atoms with E-state index in [0.717, 1.165) is 35.5 Å². The molecule has 2 amide bonds. The average molecular weight is 400 g/mol. The predicted octanol–water partition coefficient (Wildman–Crippen LogP) is 4.18. The molecule has 0 radical (unpaired) electrons. The number of hydrogen-bond donors (Lipinski definition) is 2. The standard InChI is InChI=1S/C22H29N3O2S/c1-14(2)25(4)13-18-8-6-5-7-17(18)12-23-22(27)20-15(3)11-19(28-20)24-21(26)16-9-10-16/h5-8,11,14,16H,9-10,12-13H2,1-4H3,(H,23,27)(H,24,26). The quantitative estimate of drug-likeness (QED) is 0.700. The molecule has 1 fully saturated rings. The van der Waals surface area contributed by atoms with Crippen LogP contribution < -0.4 is 10.6 Å². The van der Waals surface area contributed by atoms with Gasteiger partial charge < -0.3 is 10.6 Å². The predicted molar refractivity (Wildman–Crippen MR) is 115 cm³/mol. The SMILES string of the molecule is Cc1cc(NC(=O)C2CC2)sc1C(=O)NCc1ccccc1CN(C)C(C)C. The fraction of sp³-hybridized carbons (Fsp3) is 0.455. The van der Waals surface area contributed by atoms with Crippen molar-refractivity contribution in [2.75, 3.05) is 12.4 Å². The van der Waals surface area contributed by atoms with Crippen LogP contribution in [-0.2, 0) is 17.9 Å². The molecule has 1 aliphatic rings. The van der Waals surface area contributed by atoms with Gasteiger partial charge in [-0.1, -0.05) is 24.3 Å². The lowest BCUT2D eigenvalue weighted by Crippen LogP contribution is -2.27. The van der Waals surface area contributed by atoms with Gasteiger partial charge in [0, 0.05) is 25.0 Å². The van der Waals surface area contributed by atoms with Crippen LogP contribution in [0.4, 0.5) is 5.00 Å². The molecule has 0 atom stereocenters. The lowest BCUT2D eigenvalue weighted by atomic mass is 10.1. The summed E-state index contributed by atoms with van der Waals surface area (Å²) in [5, 5.41) is 6.72. The Balaban J connectivity index is 1.63. The zero-order valence-electron chi connectivity index (χ0n) is 17.0. The van der Waals surface area contributed by atoms with Gasteiger partial charge in [0.1, 0.15) is 0 Å².